The molecule has 1 aromatic carbocycles. The standard InChI is InChI=1S/C18H19N3S/c1-18(2,3)14-6-4-13(5-7-14)16-15(21-17(19)22-16)12-8-10-20-11-9-12/h4-11H,1-3H3,(H2,19,21). The van der Waals surface area contributed by atoms with Crippen molar-refractivity contribution in [2.24, 2.45) is 0 Å². The van der Waals surface area contributed by atoms with Crippen LogP contribution < -0.4 is 5.73 Å². The molecule has 112 valence electrons. The second kappa shape index (κ2) is 5.54. The Labute approximate surface area is 134 Å². The van der Waals surface area contributed by atoms with Gasteiger partial charge in [0.2, 0.25) is 0 Å². The third kappa shape index (κ3) is 2.88. The van der Waals surface area contributed by atoms with Crippen LogP contribution in [0.3, 0.4) is 0 Å². The van der Waals surface area contributed by atoms with E-state index in [0.717, 1.165) is 21.7 Å². The van der Waals surface area contributed by atoms with Crippen LogP contribution in [0.15, 0.2) is 48.8 Å². The minimum Gasteiger partial charge on any atom is -0.375 e. The SMILES string of the molecule is CC(C)(C)c1ccc(-c2sc(N)nc2-c2ccncc2)cc1. The molecule has 0 spiro atoms. The number of benzene rings is 1. The maximum absolute atomic E-state index is 5.95. The molecule has 0 bridgehead atoms. The predicted molar refractivity (Wildman–Crippen MR) is 93.9 cm³/mol. The van der Waals surface area contributed by atoms with Crippen molar-refractivity contribution >= 4 is 16.5 Å². The maximum Gasteiger partial charge on any atom is 0.181 e. The molecule has 0 fully saturated rings. The average molecular weight is 309 g/mol. The zero-order valence-electron chi connectivity index (χ0n) is 13.0. The summed E-state index contributed by atoms with van der Waals surface area (Å²) in [6.45, 7) is 6.65. The van der Waals surface area contributed by atoms with Crippen molar-refractivity contribution in [1.29, 1.82) is 0 Å². The third-order valence-electron chi connectivity index (χ3n) is 3.61. The van der Waals surface area contributed by atoms with Crippen molar-refractivity contribution in [3.8, 4) is 21.7 Å². The van der Waals surface area contributed by atoms with Crippen LogP contribution in [0.2, 0.25) is 0 Å². The molecule has 4 heteroatoms. The summed E-state index contributed by atoms with van der Waals surface area (Å²) in [7, 11) is 0. The van der Waals surface area contributed by atoms with Crippen molar-refractivity contribution in [1.82, 2.24) is 9.97 Å². The van der Waals surface area contributed by atoms with Gasteiger partial charge in [0.15, 0.2) is 5.13 Å². The van der Waals surface area contributed by atoms with Crippen molar-refractivity contribution in [3.05, 3.63) is 54.4 Å². The Hall–Kier alpha value is -2.20. The molecule has 0 radical (unpaired) electrons. The van der Waals surface area contributed by atoms with Gasteiger partial charge in [-0.15, -0.1) is 0 Å². The van der Waals surface area contributed by atoms with Gasteiger partial charge in [-0.25, -0.2) is 4.98 Å². The number of aromatic nitrogens is 2. The number of thiazole rings is 1. The van der Waals surface area contributed by atoms with Gasteiger partial charge in [-0.1, -0.05) is 56.4 Å². The van der Waals surface area contributed by atoms with Gasteiger partial charge in [0.25, 0.3) is 0 Å². The van der Waals surface area contributed by atoms with E-state index in [2.05, 4.69) is 55.0 Å². The first-order valence-corrected chi connectivity index (χ1v) is 8.04. The lowest BCUT2D eigenvalue weighted by molar-refractivity contribution is 0.590. The van der Waals surface area contributed by atoms with Gasteiger partial charge in [-0.2, -0.15) is 0 Å². The first-order chi connectivity index (χ1) is 10.4. The van der Waals surface area contributed by atoms with Gasteiger partial charge in [0.1, 0.15) is 0 Å². The highest BCUT2D eigenvalue weighted by Crippen LogP contribution is 2.38. The minimum absolute atomic E-state index is 0.152. The molecule has 0 atom stereocenters. The summed E-state index contributed by atoms with van der Waals surface area (Å²) in [5, 5.41) is 0.585. The van der Waals surface area contributed by atoms with Crippen LogP contribution in [0, 0.1) is 0 Å². The maximum atomic E-state index is 5.95. The van der Waals surface area contributed by atoms with E-state index in [9.17, 15) is 0 Å². The molecule has 2 N–H and O–H groups in total. The number of nitrogens with two attached hydrogens (primary N) is 1. The van der Waals surface area contributed by atoms with Gasteiger partial charge < -0.3 is 5.73 Å². The summed E-state index contributed by atoms with van der Waals surface area (Å²) in [5.41, 5.74) is 10.5. The Kier molecular flexibility index (Phi) is 3.71. The molecule has 2 aromatic heterocycles. The molecule has 22 heavy (non-hydrogen) atoms. The molecule has 0 unspecified atom stereocenters. The molecular formula is C18H19N3S. The Balaban J connectivity index is 2.06. The van der Waals surface area contributed by atoms with E-state index < -0.39 is 0 Å². The molecule has 3 nitrogen and oxygen atoms in total. The van der Waals surface area contributed by atoms with Crippen LogP contribution in [0.1, 0.15) is 26.3 Å². The van der Waals surface area contributed by atoms with Crippen LogP contribution in [0.5, 0.6) is 0 Å². The molecule has 2 heterocycles. The summed E-state index contributed by atoms with van der Waals surface area (Å²) in [4.78, 5) is 9.66. The fourth-order valence-corrected chi connectivity index (χ4v) is 3.22. The van der Waals surface area contributed by atoms with E-state index in [-0.39, 0.29) is 5.41 Å². The van der Waals surface area contributed by atoms with E-state index in [4.69, 9.17) is 5.73 Å². The normalized spacial score (nSPS) is 11.6. The lowest BCUT2D eigenvalue weighted by Gasteiger charge is -2.19. The minimum atomic E-state index is 0.152. The Morgan fingerprint density at radius 3 is 2.14 bits per heavy atom. The van der Waals surface area contributed by atoms with Crippen molar-refractivity contribution in [2.75, 3.05) is 5.73 Å². The lowest BCUT2D eigenvalue weighted by atomic mass is 9.86. The van der Waals surface area contributed by atoms with Gasteiger partial charge in [-0.3, -0.25) is 4.98 Å². The van der Waals surface area contributed by atoms with Gasteiger partial charge >= 0.3 is 0 Å². The van der Waals surface area contributed by atoms with Crippen LogP contribution in [-0.2, 0) is 5.41 Å². The molecule has 0 aliphatic rings. The third-order valence-corrected chi connectivity index (χ3v) is 4.54. The first-order valence-electron chi connectivity index (χ1n) is 7.23. The van der Waals surface area contributed by atoms with E-state index in [0.29, 0.717) is 5.13 Å². The smallest absolute Gasteiger partial charge is 0.181 e. The number of hydrogen-bond acceptors (Lipinski definition) is 4. The summed E-state index contributed by atoms with van der Waals surface area (Å²) in [6, 6.07) is 12.6. The van der Waals surface area contributed by atoms with Crippen molar-refractivity contribution < 1.29 is 0 Å². The number of nitrogens with zero attached hydrogens (tertiary/aromatic N) is 2. The summed E-state index contributed by atoms with van der Waals surface area (Å²) in [6.07, 6.45) is 3.55. The number of hydrogen-bond donors (Lipinski definition) is 1. The number of rotatable bonds is 2. The van der Waals surface area contributed by atoms with Crippen molar-refractivity contribution in [2.45, 2.75) is 26.2 Å². The van der Waals surface area contributed by atoms with Gasteiger partial charge in [0.05, 0.1) is 10.6 Å². The van der Waals surface area contributed by atoms with Crippen LogP contribution in [-0.4, -0.2) is 9.97 Å². The summed E-state index contributed by atoms with van der Waals surface area (Å²) in [5.74, 6) is 0. The lowest BCUT2D eigenvalue weighted by Crippen LogP contribution is -2.10. The number of pyridine rings is 1. The molecular weight excluding hydrogens is 290 g/mol. The topological polar surface area (TPSA) is 51.8 Å². The molecule has 0 amide bonds. The second-order valence-corrected chi connectivity index (χ2v) is 7.32. The summed E-state index contributed by atoms with van der Waals surface area (Å²) >= 11 is 1.52. The molecule has 0 saturated carbocycles. The van der Waals surface area contributed by atoms with Gasteiger partial charge in [-0.05, 0) is 28.7 Å². The molecule has 0 aliphatic carbocycles. The molecule has 0 aliphatic heterocycles. The highest BCUT2D eigenvalue weighted by Gasteiger charge is 2.16. The Bertz CT molecular complexity index is 768. The second-order valence-electron chi connectivity index (χ2n) is 6.29. The highest BCUT2D eigenvalue weighted by molar-refractivity contribution is 7.19. The Morgan fingerprint density at radius 2 is 1.55 bits per heavy atom. The number of nitrogen functional groups attached to an aromatic ring is 1. The average Bonchev–Trinajstić information content (AvgIpc) is 2.89. The van der Waals surface area contributed by atoms with E-state index in [1.807, 2.05) is 12.1 Å². The molecule has 3 aromatic rings. The van der Waals surface area contributed by atoms with Gasteiger partial charge in [0, 0.05) is 18.0 Å². The van der Waals surface area contributed by atoms with E-state index >= 15 is 0 Å². The largest absolute Gasteiger partial charge is 0.375 e. The fourth-order valence-electron chi connectivity index (χ4n) is 2.36. The van der Waals surface area contributed by atoms with Crippen molar-refractivity contribution in [3.63, 3.8) is 0 Å². The van der Waals surface area contributed by atoms with E-state index in [1.54, 1.807) is 12.4 Å². The first kappa shape index (κ1) is 14.7. The molecule has 0 saturated heterocycles. The quantitative estimate of drug-likeness (QED) is 0.743. The molecule has 3 rings (SSSR count). The van der Waals surface area contributed by atoms with Crippen LogP contribution >= 0.6 is 11.3 Å². The monoisotopic (exact) mass is 309 g/mol. The fraction of sp³-hybridized carbons (Fsp3) is 0.222. The van der Waals surface area contributed by atoms with E-state index in [1.165, 1.54) is 16.9 Å². The highest BCUT2D eigenvalue weighted by atomic mass is 32.1. The predicted octanol–water partition coefficient (Wildman–Crippen LogP) is 4.75. The number of anilines is 1. The Morgan fingerprint density at radius 1 is 0.909 bits per heavy atom. The zero-order chi connectivity index (χ0) is 15.7. The van der Waals surface area contributed by atoms with Crippen LogP contribution in [0.4, 0.5) is 5.13 Å². The summed E-state index contributed by atoms with van der Waals surface area (Å²) < 4.78 is 0. The van der Waals surface area contributed by atoms with Crippen LogP contribution in [0.25, 0.3) is 21.7 Å². The zero-order valence-corrected chi connectivity index (χ0v) is 13.8.